The number of ketones is 1. The van der Waals surface area contributed by atoms with Crippen LogP contribution >= 0.6 is 0 Å². The second kappa shape index (κ2) is 5.21. The summed E-state index contributed by atoms with van der Waals surface area (Å²) in [5.41, 5.74) is 8.74. The van der Waals surface area contributed by atoms with Gasteiger partial charge in [0.05, 0.1) is 12.6 Å². The van der Waals surface area contributed by atoms with Crippen LogP contribution in [0.3, 0.4) is 0 Å². The number of hydrogen-bond donors (Lipinski definition) is 1. The van der Waals surface area contributed by atoms with E-state index in [-0.39, 0.29) is 5.92 Å². The van der Waals surface area contributed by atoms with E-state index in [4.69, 9.17) is 0 Å². The summed E-state index contributed by atoms with van der Waals surface area (Å²) in [6, 6.07) is 8.98. The van der Waals surface area contributed by atoms with E-state index in [9.17, 15) is 4.79 Å². The average molecular weight is 297 g/mol. The number of aromatic nitrogens is 1. The van der Waals surface area contributed by atoms with Gasteiger partial charge in [-0.25, -0.2) is 0 Å². The molecule has 3 aliphatic rings. The second-order valence-electron chi connectivity index (χ2n) is 6.41. The van der Waals surface area contributed by atoms with E-state index in [0.717, 1.165) is 25.9 Å². The van der Waals surface area contributed by atoms with Crippen LogP contribution < -0.4 is 5.73 Å². The van der Waals surface area contributed by atoms with Crippen LogP contribution in [0.4, 0.5) is 0 Å². The molecule has 1 aromatic heterocycles. The van der Waals surface area contributed by atoms with Gasteiger partial charge in [0, 0.05) is 29.1 Å². The summed E-state index contributed by atoms with van der Waals surface area (Å²) >= 11 is 0. The molecule has 0 spiro atoms. The van der Waals surface area contributed by atoms with E-state index in [1.807, 2.05) is 0 Å². The Morgan fingerprint density at radius 1 is 1.18 bits per heavy atom. The monoisotopic (exact) mass is 297 g/mol. The van der Waals surface area contributed by atoms with Gasteiger partial charge in [0.1, 0.15) is 0 Å². The first kappa shape index (κ1) is 14.0. The number of carbonyl (C=O) groups is 1. The molecular formula is C18H23N3O. The standard InChI is InChI=1S/C17H18N2O.CH5N/c20-15-10-19-14-6-2-1-4-11(14)12-7-9-18-8-3-5-13(15)16(18)17(12)19;1-2/h1-2,4,6,13,16H,3,5,7-10H2;2H2,1H3/t13-,16+;/m0./s1. The van der Waals surface area contributed by atoms with Gasteiger partial charge >= 0.3 is 0 Å². The molecule has 2 aromatic rings. The Morgan fingerprint density at radius 2 is 2.00 bits per heavy atom. The van der Waals surface area contributed by atoms with Crippen LogP contribution in [0.5, 0.6) is 0 Å². The molecule has 116 valence electrons. The molecule has 1 saturated heterocycles. The maximum Gasteiger partial charge on any atom is 0.157 e. The van der Waals surface area contributed by atoms with Crippen molar-refractivity contribution in [1.82, 2.24) is 9.47 Å². The van der Waals surface area contributed by atoms with Gasteiger partial charge in [-0.1, -0.05) is 18.2 Å². The number of carbonyl (C=O) groups excluding carboxylic acids is 1. The molecule has 5 rings (SSSR count). The molecule has 0 amide bonds. The highest BCUT2D eigenvalue weighted by atomic mass is 16.1. The van der Waals surface area contributed by atoms with E-state index in [1.165, 1.54) is 35.6 Å². The van der Waals surface area contributed by atoms with Crippen molar-refractivity contribution in [2.45, 2.75) is 31.8 Å². The van der Waals surface area contributed by atoms with Crippen molar-refractivity contribution in [2.75, 3.05) is 20.1 Å². The molecule has 0 aliphatic carbocycles. The molecule has 0 unspecified atom stereocenters. The molecule has 2 atom stereocenters. The van der Waals surface area contributed by atoms with Crippen molar-refractivity contribution in [1.29, 1.82) is 0 Å². The Hall–Kier alpha value is -1.65. The van der Waals surface area contributed by atoms with Crippen LogP contribution in [0.2, 0.25) is 0 Å². The maximum atomic E-state index is 12.6. The Kier molecular flexibility index (Phi) is 3.31. The number of fused-ring (bicyclic) bond motifs is 3. The molecule has 2 N–H and O–H groups in total. The summed E-state index contributed by atoms with van der Waals surface area (Å²) < 4.78 is 2.31. The number of rotatable bonds is 0. The van der Waals surface area contributed by atoms with Gasteiger partial charge in [-0.15, -0.1) is 0 Å². The van der Waals surface area contributed by atoms with Gasteiger partial charge in [0.25, 0.3) is 0 Å². The van der Waals surface area contributed by atoms with Crippen molar-refractivity contribution >= 4 is 16.7 Å². The van der Waals surface area contributed by atoms with Crippen molar-refractivity contribution in [3.05, 3.63) is 35.5 Å². The number of benzene rings is 1. The third kappa shape index (κ3) is 1.74. The highest BCUT2D eigenvalue weighted by molar-refractivity contribution is 5.91. The second-order valence-corrected chi connectivity index (χ2v) is 6.41. The lowest BCUT2D eigenvalue weighted by Gasteiger charge is -2.46. The lowest BCUT2D eigenvalue weighted by molar-refractivity contribution is -0.129. The first-order valence-electron chi connectivity index (χ1n) is 8.29. The minimum Gasteiger partial charge on any atom is -0.335 e. The minimum atomic E-state index is 0.250. The lowest BCUT2D eigenvalue weighted by atomic mass is 9.78. The molecule has 0 radical (unpaired) electrons. The fraction of sp³-hybridized carbons (Fsp3) is 0.500. The number of Topliss-reactive ketones (excluding diaryl/α,β-unsaturated/α-hetero) is 1. The van der Waals surface area contributed by atoms with E-state index in [2.05, 4.69) is 39.5 Å². The maximum absolute atomic E-state index is 12.6. The van der Waals surface area contributed by atoms with E-state index >= 15 is 0 Å². The number of para-hydroxylation sites is 1. The number of nitrogens with zero attached hydrogens (tertiary/aromatic N) is 2. The van der Waals surface area contributed by atoms with Gasteiger partial charge < -0.3 is 10.3 Å². The largest absolute Gasteiger partial charge is 0.335 e. The summed E-state index contributed by atoms with van der Waals surface area (Å²) in [6.07, 6.45) is 3.41. The van der Waals surface area contributed by atoms with E-state index in [1.54, 1.807) is 0 Å². The molecule has 4 heteroatoms. The Morgan fingerprint density at radius 3 is 2.86 bits per heavy atom. The third-order valence-electron chi connectivity index (χ3n) is 5.51. The van der Waals surface area contributed by atoms with Crippen LogP contribution in [0, 0.1) is 5.92 Å². The van der Waals surface area contributed by atoms with Crippen molar-refractivity contribution in [3.8, 4) is 0 Å². The Labute approximate surface area is 130 Å². The smallest absolute Gasteiger partial charge is 0.157 e. The first-order valence-corrected chi connectivity index (χ1v) is 8.29. The van der Waals surface area contributed by atoms with Crippen LogP contribution in [0.1, 0.15) is 30.1 Å². The van der Waals surface area contributed by atoms with Gasteiger partial charge in [0.15, 0.2) is 5.78 Å². The predicted molar refractivity (Wildman–Crippen MR) is 87.8 cm³/mol. The molecule has 1 aromatic carbocycles. The molecule has 3 aliphatic heterocycles. The van der Waals surface area contributed by atoms with Crippen molar-refractivity contribution in [2.24, 2.45) is 11.7 Å². The first-order chi connectivity index (χ1) is 10.8. The predicted octanol–water partition coefficient (Wildman–Crippen LogP) is 2.11. The van der Waals surface area contributed by atoms with Crippen LogP contribution in [-0.4, -0.2) is 35.4 Å². The zero-order chi connectivity index (χ0) is 15.3. The quantitative estimate of drug-likeness (QED) is 0.810. The topological polar surface area (TPSA) is 51.3 Å². The number of piperidine rings is 1. The van der Waals surface area contributed by atoms with E-state index in [0.29, 0.717) is 18.4 Å². The molecular weight excluding hydrogens is 274 g/mol. The Bertz CT molecular complexity index is 733. The average Bonchev–Trinajstić information content (AvgIpc) is 2.91. The van der Waals surface area contributed by atoms with Crippen molar-refractivity contribution < 1.29 is 4.79 Å². The van der Waals surface area contributed by atoms with Gasteiger partial charge in [-0.3, -0.25) is 9.69 Å². The van der Waals surface area contributed by atoms with E-state index < -0.39 is 0 Å². The molecule has 0 saturated carbocycles. The van der Waals surface area contributed by atoms with Crippen molar-refractivity contribution in [3.63, 3.8) is 0 Å². The summed E-state index contributed by atoms with van der Waals surface area (Å²) in [7, 11) is 1.50. The molecule has 4 nitrogen and oxygen atoms in total. The van der Waals surface area contributed by atoms with Crippen LogP contribution in [0.15, 0.2) is 24.3 Å². The third-order valence-corrected chi connectivity index (χ3v) is 5.51. The Balaban J connectivity index is 0.000000602. The summed E-state index contributed by atoms with van der Waals surface area (Å²) in [4.78, 5) is 15.1. The minimum absolute atomic E-state index is 0.250. The summed E-state index contributed by atoms with van der Waals surface area (Å²) in [5, 5.41) is 1.38. The molecule has 0 bridgehead atoms. The number of hydrogen-bond acceptors (Lipinski definition) is 3. The normalized spacial score (nSPS) is 26.4. The van der Waals surface area contributed by atoms with Gasteiger partial charge in [-0.2, -0.15) is 0 Å². The van der Waals surface area contributed by atoms with Crippen LogP contribution in [0.25, 0.3) is 10.9 Å². The fourth-order valence-electron chi connectivity index (χ4n) is 4.71. The number of nitrogens with two attached hydrogens (primary N) is 1. The van der Waals surface area contributed by atoms with Gasteiger partial charge in [-0.05, 0) is 44.5 Å². The van der Waals surface area contributed by atoms with Crippen LogP contribution in [-0.2, 0) is 17.8 Å². The SMILES string of the molecule is CN.O=C1Cn2c3c(c4ccccc42)CCN2CCC[C@@H]1[C@H]32. The fourth-order valence-corrected chi connectivity index (χ4v) is 4.71. The highest BCUT2D eigenvalue weighted by Gasteiger charge is 2.45. The molecule has 4 heterocycles. The van der Waals surface area contributed by atoms with Gasteiger partial charge in [0.2, 0.25) is 0 Å². The molecule has 22 heavy (non-hydrogen) atoms. The summed E-state index contributed by atoms with van der Waals surface area (Å²) in [5.74, 6) is 0.695. The molecule has 1 fully saturated rings. The highest BCUT2D eigenvalue weighted by Crippen LogP contribution is 2.47. The lowest BCUT2D eigenvalue weighted by Crippen LogP contribution is -2.49. The zero-order valence-electron chi connectivity index (χ0n) is 13.1. The summed E-state index contributed by atoms with van der Waals surface area (Å²) in [6.45, 7) is 2.87. The zero-order valence-corrected chi connectivity index (χ0v) is 13.1.